The summed E-state index contributed by atoms with van der Waals surface area (Å²) in [6.45, 7) is 1.64. The second-order valence-electron chi connectivity index (χ2n) is 4.10. The van der Waals surface area contributed by atoms with E-state index < -0.39 is 8.56 Å². The molecule has 0 aliphatic heterocycles. The Hall–Kier alpha value is 0.0569. The maximum atomic E-state index is 9.20. The van der Waals surface area contributed by atoms with Crippen LogP contribution in [-0.2, 0) is 13.6 Å². The van der Waals surface area contributed by atoms with Gasteiger partial charge in [-0.05, 0) is 31.2 Å². The van der Waals surface area contributed by atoms with Crippen LogP contribution in [0.1, 0.15) is 19.3 Å². The molecule has 1 N–H and O–H groups in total. The quantitative estimate of drug-likeness (QED) is 0.479. The molecule has 5 heteroatoms. The Labute approximate surface area is 92.8 Å². The van der Waals surface area contributed by atoms with Crippen molar-refractivity contribution in [1.82, 2.24) is 0 Å². The lowest BCUT2D eigenvalue weighted by molar-refractivity contribution is 0.120. The monoisotopic (exact) mass is 234 g/mol. The van der Waals surface area contributed by atoms with Crippen molar-refractivity contribution >= 4 is 8.56 Å². The summed E-state index contributed by atoms with van der Waals surface area (Å²) in [4.78, 5) is 0. The van der Waals surface area contributed by atoms with Crippen molar-refractivity contribution in [2.45, 2.75) is 25.3 Å². The third kappa shape index (κ3) is 4.61. The predicted molar refractivity (Wildman–Crippen MR) is 59.8 cm³/mol. The maximum Gasteiger partial charge on any atom is 0.364 e. The van der Waals surface area contributed by atoms with Gasteiger partial charge in [0.25, 0.3) is 0 Å². The lowest BCUT2D eigenvalue weighted by Gasteiger charge is -2.24. The molecule has 0 heterocycles. The summed E-state index contributed by atoms with van der Waals surface area (Å²) in [5, 5.41) is 9.20. The van der Waals surface area contributed by atoms with Crippen LogP contribution in [-0.4, -0.2) is 47.3 Å². The molecule has 0 unspecified atom stereocenters. The molecule has 4 nitrogen and oxygen atoms in total. The van der Waals surface area contributed by atoms with Gasteiger partial charge in [-0.3, -0.25) is 0 Å². The van der Waals surface area contributed by atoms with Crippen LogP contribution < -0.4 is 0 Å². The van der Waals surface area contributed by atoms with Crippen LogP contribution >= 0.6 is 0 Å². The van der Waals surface area contributed by atoms with Crippen molar-refractivity contribution in [3.63, 3.8) is 0 Å². The fourth-order valence-corrected chi connectivity index (χ4v) is 3.15. The Balaban J connectivity index is 2.04. The minimum atomic E-state index is -2.30. The molecule has 1 fully saturated rings. The van der Waals surface area contributed by atoms with Crippen molar-refractivity contribution in [2.24, 2.45) is 5.92 Å². The minimum Gasteiger partial charge on any atom is -0.396 e. The van der Waals surface area contributed by atoms with Crippen LogP contribution in [0, 0.1) is 5.92 Å². The van der Waals surface area contributed by atoms with E-state index in [1.165, 1.54) is 12.8 Å². The highest BCUT2D eigenvalue weighted by Gasteiger charge is 2.34. The average molecular weight is 234 g/mol. The zero-order valence-corrected chi connectivity index (χ0v) is 10.7. The molecule has 1 aliphatic rings. The van der Waals surface area contributed by atoms with Crippen LogP contribution in [0.3, 0.4) is 0 Å². The third-order valence-electron chi connectivity index (χ3n) is 2.88. The second kappa shape index (κ2) is 6.60. The first kappa shape index (κ1) is 13.1. The minimum absolute atomic E-state index is 0.0165. The topological polar surface area (TPSA) is 47.9 Å². The first-order valence-corrected chi connectivity index (χ1v) is 7.78. The zero-order valence-electron chi connectivity index (χ0n) is 9.70. The fourth-order valence-electron chi connectivity index (χ4n) is 1.47. The Kier molecular flexibility index (Phi) is 5.77. The molecule has 0 aromatic rings. The van der Waals surface area contributed by atoms with Gasteiger partial charge < -0.3 is 18.7 Å². The van der Waals surface area contributed by atoms with E-state index in [-0.39, 0.29) is 6.23 Å². The van der Waals surface area contributed by atoms with Gasteiger partial charge in [-0.1, -0.05) is 0 Å². The number of hydrogen-bond donors (Lipinski definition) is 1. The van der Waals surface area contributed by atoms with E-state index in [0.717, 1.165) is 31.6 Å². The maximum absolute atomic E-state index is 9.20. The van der Waals surface area contributed by atoms with Crippen molar-refractivity contribution < 1.29 is 18.7 Å². The molecule has 1 aliphatic carbocycles. The fraction of sp³-hybridized carbons (Fsp3) is 1.00. The normalized spacial score (nSPS) is 17.0. The average Bonchev–Trinajstić information content (AvgIpc) is 3.08. The largest absolute Gasteiger partial charge is 0.396 e. The number of aliphatic hydroxyl groups is 1. The lowest BCUT2D eigenvalue weighted by atomic mass is 10.4. The summed E-state index contributed by atoms with van der Waals surface area (Å²) in [5.41, 5.74) is 0. The van der Waals surface area contributed by atoms with E-state index in [1.807, 2.05) is 0 Å². The molecule has 1 saturated carbocycles. The molecule has 0 aromatic carbocycles. The molecule has 0 atom stereocenters. The second-order valence-corrected chi connectivity index (χ2v) is 7.55. The number of aliphatic hydroxyl groups excluding tert-OH is 1. The van der Waals surface area contributed by atoms with Crippen LogP contribution in [0.4, 0.5) is 0 Å². The van der Waals surface area contributed by atoms with Gasteiger partial charge in [0.2, 0.25) is 0 Å². The highest BCUT2D eigenvalue weighted by Crippen LogP contribution is 2.28. The smallest absolute Gasteiger partial charge is 0.364 e. The van der Waals surface area contributed by atoms with E-state index in [0.29, 0.717) is 0 Å². The number of rotatable bonds is 9. The van der Waals surface area contributed by atoms with Gasteiger partial charge in [-0.2, -0.15) is 0 Å². The number of ether oxygens (including phenoxy) is 1. The zero-order chi connectivity index (χ0) is 11.1. The molecule has 1 rings (SSSR count). The lowest BCUT2D eigenvalue weighted by Crippen LogP contribution is -2.44. The van der Waals surface area contributed by atoms with Gasteiger partial charge in [-0.15, -0.1) is 0 Å². The van der Waals surface area contributed by atoms with Gasteiger partial charge in [0.05, 0.1) is 6.23 Å². The Morgan fingerprint density at radius 3 is 2.40 bits per heavy atom. The molecular weight excluding hydrogens is 212 g/mol. The number of hydrogen-bond acceptors (Lipinski definition) is 4. The summed E-state index contributed by atoms with van der Waals surface area (Å²) in [6, 6.07) is 0.793. The van der Waals surface area contributed by atoms with Gasteiger partial charge in [-0.25, -0.2) is 0 Å². The Bertz CT molecular complexity index is 161. The van der Waals surface area contributed by atoms with Crippen LogP contribution in [0.5, 0.6) is 0 Å². The molecule has 0 saturated heterocycles. The summed E-state index contributed by atoms with van der Waals surface area (Å²) in [7, 11) is 0.913. The van der Waals surface area contributed by atoms with Crippen molar-refractivity contribution in [1.29, 1.82) is 0 Å². The van der Waals surface area contributed by atoms with Gasteiger partial charge in [0, 0.05) is 27.4 Å². The molecule has 0 spiro atoms. The Morgan fingerprint density at radius 2 is 1.93 bits per heavy atom. The highest BCUT2D eigenvalue weighted by molar-refractivity contribution is 6.67. The van der Waals surface area contributed by atoms with Crippen LogP contribution in [0.2, 0.25) is 6.04 Å². The molecular formula is C10H22O4Si. The van der Waals surface area contributed by atoms with Crippen LogP contribution in [0.15, 0.2) is 0 Å². The van der Waals surface area contributed by atoms with Crippen molar-refractivity contribution in [3.8, 4) is 0 Å². The van der Waals surface area contributed by atoms with E-state index in [4.69, 9.17) is 13.6 Å². The molecule has 15 heavy (non-hydrogen) atoms. The van der Waals surface area contributed by atoms with Crippen LogP contribution in [0.25, 0.3) is 0 Å². The first-order chi connectivity index (χ1) is 7.26. The summed E-state index contributed by atoms with van der Waals surface area (Å²) < 4.78 is 16.1. The van der Waals surface area contributed by atoms with E-state index in [2.05, 4.69) is 0 Å². The SMILES string of the molecule is CO[Si](CO)(CCCOCC1CC1)OC. The summed E-state index contributed by atoms with van der Waals surface area (Å²) in [6.07, 6.45) is 3.57. The van der Waals surface area contributed by atoms with Crippen molar-refractivity contribution in [3.05, 3.63) is 0 Å². The van der Waals surface area contributed by atoms with Crippen molar-refractivity contribution in [2.75, 3.05) is 33.7 Å². The first-order valence-electron chi connectivity index (χ1n) is 5.55. The summed E-state index contributed by atoms with van der Waals surface area (Å²) in [5.74, 6) is 0.815. The molecule has 0 amide bonds. The molecule has 0 aromatic heterocycles. The summed E-state index contributed by atoms with van der Waals surface area (Å²) >= 11 is 0. The highest BCUT2D eigenvalue weighted by atomic mass is 28.4. The molecule has 0 bridgehead atoms. The van der Waals surface area contributed by atoms with E-state index >= 15 is 0 Å². The van der Waals surface area contributed by atoms with E-state index in [1.54, 1.807) is 14.2 Å². The molecule has 0 radical (unpaired) electrons. The third-order valence-corrected chi connectivity index (χ3v) is 5.97. The van der Waals surface area contributed by atoms with Gasteiger partial charge in [0.1, 0.15) is 0 Å². The Morgan fingerprint density at radius 1 is 1.27 bits per heavy atom. The standard InChI is InChI=1S/C10H22O4Si/c1-12-15(9-11,13-2)7-3-6-14-8-10-4-5-10/h10-11H,3-9H2,1-2H3. The molecule has 90 valence electrons. The van der Waals surface area contributed by atoms with Gasteiger partial charge >= 0.3 is 8.56 Å². The predicted octanol–water partition coefficient (Wildman–Crippen LogP) is 1.07. The van der Waals surface area contributed by atoms with Gasteiger partial charge in [0.15, 0.2) is 0 Å². The van der Waals surface area contributed by atoms with E-state index in [9.17, 15) is 5.11 Å².